The summed E-state index contributed by atoms with van der Waals surface area (Å²) in [7, 11) is 3.59. The molecule has 1 N–H and O–H groups in total. The molecule has 0 unspecified atom stereocenters. The third-order valence-corrected chi connectivity index (χ3v) is 3.73. The van der Waals surface area contributed by atoms with Crippen LogP contribution in [-0.4, -0.2) is 54.8 Å². The zero-order valence-electron chi connectivity index (χ0n) is 13.6. The second kappa shape index (κ2) is 7.40. The average molecular weight is 303 g/mol. The molecule has 0 atom stereocenters. The Morgan fingerprint density at radius 3 is 2.36 bits per heavy atom. The molecule has 1 fully saturated rings. The number of hydrogen-bond donors (Lipinski definition) is 1. The molecule has 5 nitrogen and oxygen atoms in total. The highest BCUT2D eigenvalue weighted by Crippen LogP contribution is 2.18. The monoisotopic (exact) mass is 303 g/mol. The van der Waals surface area contributed by atoms with Crippen LogP contribution in [0.1, 0.15) is 24.0 Å². The van der Waals surface area contributed by atoms with Crippen molar-refractivity contribution in [2.75, 3.05) is 27.2 Å². The molecule has 120 valence electrons. The first-order chi connectivity index (χ1) is 10.4. The van der Waals surface area contributed by atoms with E-state index in [9.17, 15) is 9.59 Å². The van der Waals surface area contributed by atoms with Crippen LogP contribution in [0.5, 0.6) is 0 Å². The van der Waals surface area contributed by atoms with Gasteiger partial charge in [0.25, 0.3) is 0 Å². The predicted molar refractivity (Wildman–Crippen MR) is 86.3 cm³/mol. The molecule has 0 saturated heterocycles. The lowest BCUT2D eigenvalue weighted by molar-refractivity contribution is -0.132. The summed E-state index contributed by atoms with van der Waals surface area (Å²) in [6, 6.07) is 8.52. The summed E-state index contributed by atoms with van der Waals surface area (Å²) in [5.41, 5.74) is 2.31. The fraction of sp³-hybridized carbons (Fsp3) is 0.529. The highest BCUT2D eigenvalue weighted by molar-refractivity contribution is 5.81. The topological polar surface area (TPSA) is 52.7 Å². The van der Waals surface area contributed by atoms with Crippen LogP contribution in [0, 0.1) is 6.92 Å². The largest absolute Gasteiger partial charge is 0.352 e. The maximum atomic E-state index is 12.2. The van der Waals surface area contributed by atoms with Gasteiger partial charge in [-0.25, -0.2) is 0 Å². The maximum Gasteiger partial charge on any atom is 0.236 e. The predicted octanol–water partition coefficient (Wildman–Crippen LogP) is 1.16. The number of amides is 2. The molecule has 0 aromatic heterocycles. The van der Waals surface area contributed by atoms with E-state index < -0.39 is 0 Å². The molecule has 2 rings (SSSR count). The van der Waals surface area contributed by atoms with Crippen LogP contribution in [0.25, 0.3) is 0 Å². The molecule has 0 spiro atoms. The van der Waals surface area contributed by atoms with Crippen LogP contribution in [0.2, 0.25) is 0 Å². The number of hydrogen-bond acceptors (Lipinski definition) is 3. The minimum Gasteiger partial charge on any atom is -0.352 e. The van der Waals surface area contributed by atoms with E-state index >= 15 is 0 Å². The summed E-state index contributed by atoms with van der Waals surface area (Å²) in [6.07, 6.45) is 2.15. The Bertz CT molecular complexity index is 523. The summed E-state index contributed by atoms with van der Waals surface area (Å²) < 4.78 is 0. The van der Waals surface area contributed by atoms with Crippen LogP contribution < -0.4 is 5.32 Å². The maximum absolute atomic E-state index is 12.2. The third kappa shape index (κ3) is 5.48. The van der Waals surface area contributed by atoms with Gasteiger partial charge in [0.05, 0.1) is 13.1 Å². The molecule has 0 radical (unpaired) electrons. The first-order valence-corrected chi connectivity index (χ1v) is 7.71. The fourth-order valence-corrected chi connectivity index (χ4v) is 2.21. The smallest absolute Gasteiger partial charge is 0.236 e. The van der Waals surface area contributed by atoms with Crippen LogP contribution in [0.4, 0.5) is 0 Å². The molecule has 0 aliphatic heterocycles. The van der Waals surface area contributed by atoms with Crippen molar-refractivity contribution >= 4 is 11.8 Å². The second-order valence-electron chi connectivity index (χ2n) is 6.25. The SMILES string of the molecule is Cc1ccc(CN(C)C(=O)CN(C)CC(=O)NC2CC2)cc1. The first-order valence-electron chi connectivity index (χ1n) is 7.71. The van der Waals surface area contributed by atoms with Crippen molar-refractivity contribution in [1.82, 2.24) is 15.1 Å². The van der Waals surface area contributed by atoms with E-state index in [-0.39, 0.29) is 24.9 Å². The number of carbonyl (C=O) groups is 2. The van der Waals surface area contributed by atoms with Crippen LogP contribution >= 0.6 is 0 Å². The number of nitrogens with one attached hydrogen (secondary N) is 1. The molecule has 0 heterocycles. The van der Waals surface area contributed by atoms with Gasteiger partial charge in [0.2, 0.25) is 11.8 Å². The van der Waals surface area contributed by atoms with Crippen LogP contribution in [0.15, 0.2) is 24.3 Å². The fourth-order valence-electron chi connectivity index (χ4n) is 2.21. The van der Waals surface area contributed by atoms with Gasteiger partial charge >= 0.3 is 0 Å². The Morgan fingerprint density at radius 2 is 1.77 bits per heavy atom. The van der Waals surface area contributed by atoms with E-state index in [2.05, 4.69) is 5.32 Å². The molecule has 5 heteroatoms. The Hall–Kier alpha value is -1.88. The average Bonchev–Trinajstić information content (AvgIpc) is 3.24. The number of likely N-dealkylation sites (N-methyl/N-ethyl adjacent to an activating group) is 2. The van der Waals surface area contributed by atoms with E-state index in [1.807, 2.05) is 31.2 Å². The number of nitrogens with zero attached hydrogens (tertiary/aromatic N) is 2. The summed E-state index contributed by atoms with van der Waals surface area (Å²) >= 11 is 0. The van der Waals surface area contributed by atoms with E-state index in [4.69, 9.17) is 0 Å². The van der Waals surface area contributed by atoms with Gasteiger partial charge < -0.3 is 10.2 Å². The van der Waals surface area contributed by atoms with E-state index in [1.165, 1.54) is 5.56 Å². The molecule has 1 saturated carbocycles. The van der Waals surface area contributed by atoms with Gasteiger partial charge in [-0.05, 0) is 32.4 Å². The molecular formula is C17H25N3O2. The standard InChI is InChI=1S/C17H25N3O2/c1-13-4-6-14(7-5-13)10-20(3)17(22)12-19(2)11-16(21)18-15-8-9-15/h4-7,15H,8-12H2,1-3H3,(H,18,21). The van der Waals surface area contributed by atoms with Crippen molar-refractivity contribution < 1.29 is 9.59 Å². The van der Waals surface area contributed by atoms with Gasteiger partial charge in [0.15, 0.2) is 0 Å². The molecule has 1 aliphatic carbocycles. The highest BCUT2D eigenvalue weighted by Gasteiger charge is 2.24. The van der Waals surface area contributed by atoms with Gasteiger partial charge in [0, 0.05) is 19.6 Å². The lowest BCUT2D eigenvalue weighted by Crippen LogP contribution is -2.41. The quantitative estimate of drug-likeness (QED) is 0.822. The van der Waals surface area contributed by atoms with Gasteiger partial charge in [-0.2, -0.15) is 0 Å². The molecule has 1 aromatic carbocycles. The molecule has 22 heavy (non-hydrogen) atoms. The molecule has 2 amide bonds. The molecule has 1 aliphatic rings. The summed E-state index contributed by atoms with van der Waals surface area (Å²) in [4.78, 5) is 27.3. The number of aryl methyl sites for hydroxylation is 1. The van der Waals surface area contributed by atoms with Crippen LogP contribution in [0.3, 0.4) is 0 Å². The number of carbonyl (C=O) groups excluding carboxylic acids is 2. The normalized spacial score (nSPS) is 14.0. The van der Waals surface area contributed by atoms with Crippen molar-refractivity contribution in [3.63, 3.8) is 0 Å². The van der Waals surface area contributed by atoms with Crippen molar-refractivity contribution in [2.24, 2.45) is 0 Å². The lowest BCUT2D eigenvalue weighted by Gasteiger charge is -2.21. The van der Waals surface area contributed by atoms with E-state index in [0.717, 1.165) is 18.4 Å². The highest BCUT2D eigenvalue weighted by atomic mass is 16.2. The van der Waals surface area contributed by atoms with Crippen molar-refractivity contribution in [3.05, 3.63) is 35.4 Å². The molecular weight excluding hydrogens is 278 g/mol. The van der Waals surface area contributed by atoms with E-state index in [1.54, 1.807) is 23.9 Å². The first kappa shape index (κ1) is 16.5. The number of rotatable bonds is 7. The molecule has 0 bridgehead atoms. The van der Waals surface area contributed by atoms with Crippen LogP contribution in [-0.2, 0) is 16.1 Å². The van der Waals surface area contributed by atoms with Gasteiger partial charge in [-0.15, -0.1) is 0 Å². The Balaban J connectivity index is 1.74. The summed E-state index contributed by atoms with van der Waals surface area (Å²) in [5, 5.41) is 2.93. The third-order valence-electron chi connectivity index (χ3n) is 3.73. The molecule has 1 aromatic rings. The van der Waals surface area contributed by atoms with Gasteiger partial charge in [-0.3, -0.25) is 14.5 Å². The zero-order chi connectivity index (χ0) is 16.1. The number of benzene rings is 1. The minimum absolute atomic E-state index is 0.000937. The van der Waals surface area contributed by atoms with Gasteiger partial charge in [0.1, 0.15) is 0 Å². The summed E-state index contributed by atoms with van der Waals surface area (Å²) in [6.45, 7) is 3.14. The lowest BCUT2D eigenvalue weighted by atomic mass is 10.1. The summed E-state index contributed by atoms with van der Waals surface area (Å²) in [5.74, 6) is 0.0151. The Morgan fingerprint density at radius 1 is 1.14 bits per heavy atom. The second-order valence-corrected chi connectivity index (χ2v) is 6.25. The van der Waals surface area contributed by atoms with Crippen molar-refractivity contribution in [2.45, 2.75) is 32.4 Å². The zero-order valence-corrected chi connectivity index (χ0v) is 13.6. The van der Waals surface area contributed by atoms with Gasteiger partial charge in [-0.1, -0.05) is 29.8 Å². The van der Waals surface area contributed by atoms with Crippen molar-refractivity contribution in [3.8, 4) is 0 Å². The Kier molecular flexibility index (Phi) is 5.55. The minimum atomic E-state index is -0.000937. The van der Waals surface area contributed by atoms with Crippen molar-refractivity contribution in [1.29, 1.82) is 0 Å². The Labute approximate surface area is 132 Å². The van der Waals surface area contributed by atoms with E-state index in [0.29, 0.717) is 12.6 Å².